The van der Waals surface area contributed by atoms with Crippen molar-refractivity contribution in [1.29, 1.82) is 0 Å². The van der Waals surface area contributed by atoms with Crippen LogP contribution in [0.3, 0.4) is 0 Å². The number of amides is 1. The minimum atomic E-state index is -4.64. The third-order valence-electron chi connectivity index (χ3n) is 4.16. The smallest absolute Gasteiger partial charge is 0.433 e. The molecule has 1 heterocycles. The van der Waals surface area contributed by atoms with Crippen molar-refractivity contribution in [3.8, 4) is 17.0 Å². The standard InChI is InChI=1S/C22H20F3N3O2S/c1-3-30-18-12-8-7-11-16(18)26-20(29)14(2)31-21-27-17(15-9-5-4-6-10-15)13-19(28-21)22(23,24)25/h4-14H,3H2,1-2H3,(H,26,29)/t14-/m0/s1. The first-order chi connectivity index (χ1) is 14.8. The molecular formula is C22H20F3N3O2S. The predicted molar refractivity (Wildman–Crippen MR) is 114 cm³/mol. The molecule has 9 heteroatoms. The number of nitrogens with zero attached hydrogens (tertiary/aromatic N) is 2. The molecule has 162 valence electrons. The molecule has 5 nitrogen and oxygen atoms in total. The number of hydrogen-bond donors (Lipinski definition) is 1. The second kappa shape index (κ2) is 9.82. The van der Waals surface area contributed by atoms with E-state index >= 15 is 0 Å². The zero-order valence-electron chi connectivity index (χ0n) is 16.8. The number of benzene rings is 2. The fourth-order valence-electron chi connectivity index (χ4n) is 2.68. The summed E-state index contributed by atoms with van der Waals surface area (Å²) in [5, 5.41) is 1.87. The lowest BCUT2D eigenvalue weighted by atomic mass is 10.1. The van der Waals surface area contributed by atoms with E-state index in [1.807, 2.05) is 6.92 Å². The molecule has 0 bridgehead atoms. The van der Waals surface area contributed by atoms with Crippen molar-refractivity contribution in [3.63, 3.8) is 0 Å². The van der Waals surface area contributed by atoms with Crippen molar-refractivity contribution in [2.75, 3.05) is 11.9 Å². The quantitative estimate of drug-likeness (QED) is 0.373. The van der Waals surface area contributed by atoms with Crippen molar-refractivity contribution in [1.82, 2.24) is 9.97 Å². The predicted octanol–water partition coefficient (Wildman–Crippen LogP) is 5.68. The molecule has 0 aliphatic carbocycles. The maximum absolute atomic E-state index is 13.4. The van der Waals surface area contributed by atoms with E-state index in [2.05, 4.69) is 15.3 Å². The van der Waals surface area contributed by atoms with E-state index in [0.29, 0.717) is 23.6 Å². The molecule has 0 aliphatic heterocycles. The Morgan fingerprint density at radius 3 is 2.45 bits per heavy atom. The number of nitrogens with one attached hydrogen (secondary N) is 1. The van der Waals surface area contributed by atoms with Gasteiger partial charge >= 0.3 is 6.18 Å². The van der Waals surface area contributed by atoms with E-state index in [0.717, 1.165) is 17.8 Å². The lowest BCUT2D eigenvalue weighted by Crippen LogP contribution is -2.23. The van der Waals surface area contributed by atoms with Gasteiger partial charge in [0.1, 0.15) is 11.4 Å². The van der Waals surface area contributed by atoms with Crippen LogP contribution in [0.1, 0.15) is 19.5 Å². The summed E-state index contributed by atoms with van der Waals surface area (Å²) in [7, 11) is 0. The summed E-state index contributed by atoms with van der Waals surface area (Å²) in [6.45, 7) is 3.83. The number of alkyl halides is 3. The van der Waals surface area contributed by atoms with Crippen LogP contribution in [0.5, 0.6) is 5.75 Å². The number of halogens is 3. The van der Waals surface area contributed by atoms with Crippen LogP contribution in [0.25, 0.3) is 11.3 Å². The molecular weight excluding hydrogens is 427 g/mol. The highest BCUT2D eigenvalue weighted by Crippen LogP contribution is 2.33. The first-order valence-corrected chi connectivity index (χ1v) is 10.4. The van der Waals surface area contributed by atoms with Gasteiger partial charge in [0, 0.05) is 5.56 Å². The van der Waals surface area contributed by atoms with Gasteiger partial charge in [-0.1, -0.05) is 54.2 Å². The third-order valence-corrected chi connectivity index (χ3v) is 5.12. The summed E-state index contributed by atoms with van der Waals surface area (Å²) in [5.74, 6) is 0.108. The maximum Gasteiger partial charge on any atom is 0.433 e. The number of anilines is 1. The van der Waals surface area contributed by atoms with Crippen molar-refractivity contribution < 1.29 is 22.7 Å². The van der Waals surface area contributed by atoms with Crippen molar-refractivity contribution in [2.45, 2.75) is 30.4 Å². The molecule has 1 aromatic heterocycles. The number of carbonyl (C=O) groups excluding carboxylic acids is 1. The Balaban J connectivity index is 1.83. The molecule has 0 saturated heterocycles. The number of para-hydroxylation sites is 2. The minimum Gasteiger partial charge on any atom is -0.492 e. The van der Waals surface area contributed by atoms with E-state index in [-0.39, 0.29) is 10.9 Å². The SMILES string of the molecule is CCOc1ccccc1NC(=O)[C@H](C)Sc1nc(-c2ccccc2)cc(C(F)(F)F)n1. The molecule has 1 atom stereocenters. The van der Waals surface area contributed by atoms with Crippen molar-refractivity contribution in [3.05, 3.63) is 66.4 Å². The summed E-state index contributed by atoms with van der Waals surface area (Å²) < 4.78 is 45.6. The highest BCUT2D eigenvalue weighted by molar-refractivity contribution is 8.00. The molecule has 31 heavy (non-hydrogen) atoms. The Hall–Kier alpha value is -3.07. The van der Waals surface area contributed by atoms with Crippen LogP contribution in [0.15, 0.2) is 65.8 Å². The van der Waals surface area contributed by atoms with E-state index in [9.17, 15) is 18.0 Å². The molecule has 0 aliphatic rings. The second-order valence-electron chi connectivity index (χ2n) is 6.46. The fourth-order valence-corrected chi connectivity index (χ4v) is 3.46. The molecule has 0 radical (unpaired) electrons. The first-order valence-electron chi connectivity index (χ1n) is 9.49. The van der Waals surface area contributed by atoms with Gasteiger partial charge in [-0.2, -0.15) is 13.2 Å². The van der Waals surface area contributed by atoms with Crippen LogP contribution in [0, 0.1) is 0 Å². The van der Waals surface area contributed by atoms with Gasteiger partial charge in [0.2, 0.25) is 5.91 Å². The highest BCUT2D eigenvalue weighted by atomic mass is 32.2. The van der Waals surface area contributed by atoms with Gasteiger partial charge < -0.3 is 10.1 Å². The average molecular weight is 447 g/mol. The Labute approximate surface area is 182 Å². The molecule has 0 unspecified atom stereocenters. The van der Waals surface area contributed by atoms with Gasteiger partial charge in [0.15, 0.2) is 5.16 Å². The first kappa shape index (κ1) is 22.6. The van der Waals surface area contributed by atoms with E-state index in [4.69, 9.17) is 4.74 Å². The molecule has 0 spiro atoms. The lowest BCUT2D eigenvalue weighted by molar-refractivity contribution is -0.141. The summed E-state index contributed by atoms with van der Waals surface area (Å²) in [6, 6.07) is 16.4. The summed E-state index contributed by atoms with van der Waals surface area (Å²) in [6.07, 6.45) is -4.64. The van der Waals surface area contributed by atoms with Crippen molar-refractivity contribution >= 4 is 23.4 Å². The Bertz CT molecular complexity index is 1050. The lowest BCUT2D eigenvalue weighted by Gasteiger charge is -2.15. The monoisotopic (exact) mass is 447 g/mol. The molecule has 1 amide bonds. The van der Waals surface area contributed by atoms with Crippen LogP contribution < -0.4 is 10.1 Å². The van der Waals surface area contributed by atoms with Crippen molar-refractivity contribution in [2.24, 2.45) is 0 Å². The Kier molecular flexibility index (Phi) is 7.17. The van der Waals surface area contributed by atoms with Gasteiger partial charge in [0.05, 0.1) is 23.2 Å². The minimum absolute atomic E-state index is 0.130. The normalized spacial score (nSPS) is 12.3. The summed E-state index contributed by atoms with van der Waals surface area (Å²) >= 11 is 0.854. The maximum atomic E-state index is 13.4. The topological polar surface area (TPSA) is 64.1 Å². The third kappa shape index (κ3) is 5.97. The van der Waals surface area contributed by atoms with E-state index < -0.39 is 23.0 Å². The average Bonchev–Trinajstić information content (AvgIpc) is 2.75. The Morgan fingerprint density at radius 2 is 1.77 bits per heavy atom. The number of ether oxygens (including phenoxy) is 1. The molecule has 2 aromatic carbocycles. The zero-order valence-corrected chi connectivity index (χ0v) is 17.6. The molecule has 3 rings (SSSR count). The van der Waals surface area contributed by atoms with Gasteiger partial charge in [0.25, 0.3) is 0 Å². The van der Waals surface area contributed by atoms with E-state index in [1.165, 1.54) is 0 Å². The van der Waals surface area contributed by atoms with Crippen LogP contribution in [-0.4, -0.2) is 27.7 Å². The van der Waals surface area contributed by atoms with Crippen LogP contribution in [-0.2, 0) is 11.0 Å². The molecule has 0 fully saturated rings. The largest absolute Gasteiger partial charge is 0.492 e. The summed E-state index contributed by atoms with van der Waals surface area (Å²) in [4.78, 5) is 20.5. The number of aromatic nitrogens is 2. The van der Waals surface area contributed by atoms with Crippen LogP contribution >= 0.6 is 11.8 Å². The van der Waals surface area contributed by atoms with Gasteiger partial charge in [-0.05, 0) is 32.0 Å². The highest BCUT2D eigenvalue weighted by Gasteiger charge is 2.34. The summed E-state index contributed by atoms with van der Waals surface area (Å²) in [5.41, 5.74) is 0.0922. The fraction of sp³-hybridized carbons (Fsp3) is 0.227. The molecule has 3 aromatic rings. The van der Waals surface area contributed by atoms with Crippen LogP contribution in [0.4, 0.5) is 18.9 Å². The number of hydrogen-bond acceptors (Lipinski definition) is 5. The van der Waals surface area contributed by atoms with E-state index in [1.54, 1.807) is 61.5 Å². The molecule has 0 saturated carbocycles. The molecule has 1 N–H and O–H groups in total. The number of rotatable bonds is 7. The number of carbonyl (C=O) groups is 1. The second-order valence-corrected chi connectivity index (χ2v) is 7.77. The van der Waals surface area contributed by atoms with Gasteiger partial charge in [-0.15, -0.1) is 0 Å². The Morgan fingerprint density at radius 1 is 1.10 bits per heavy atom. The van der Waals surface area contributed by atoms with Crippen LogP contribution in [0.2, 0.25) is 0 Å². The number of thioether (sulfide) groups is 1. The van der Waals surface area contributed by atoms with Gasteiger partial charge in [-0.3, -0.25) is 4.79 Å². The zero-order chi connectivity index (χ0) is 22.4. The van der Waals surface area contributed by atoms with Gasteiger partial charge in [-0.25, -0.2) is 9.97 Å².